The van der Waals surface area contributed by atoms with E-state index in [0.717, 1.165) is 87.4 Å². The summed E-state index contributed by atoms with van der Waals surface area (Å²) in [6, 6.07) is 8.26. The van der Waals surface area contributed by atoms with Gasteiger partial charge in [0.2, 0.25) is 5.91 Å². The predicted molar refractivity (Wildman–Crippen MR) is 130 cm³/mol. The lowest BCUT2D eigenvalue weighted by atomic mass is 9.91. The summed E-state index contributed by atoms with van der Waals surface area (Å²) in [6.45, 7) is 13.2. The first kappa shape index (κ1) is 22.8. The van der Waals surface area contributed by atoms with Gasteiger partial charge in [-0.1, -0.05) is 26.8 Å². The number of amides is 1. The lowest BCUT2D eigenvalue weighted by Crippen LogP contribution is -2.46. The minimum Gasteiger partial charge on any atom is -0.494 e. The van der Waals surface area contributed by atoms with Crippen LogP contribution in [0.25, 0.3) is 10.9 Å². The van der Waals surface area contributed by atoms with Gasteiger partial charge in [0.15, 0.2) is 0 Å². The average molecular weight is 439 g/mol. The van der Waals surface area contributed by atoms with E-state index in [2.05, 4.69) is 37.9 Å². The van der Waals surface area contributed by atoms with Crippen molar-refractivity contribution in [2.24, 2.45) is 11.3 Å². The molecule has 174 valence electrons. The summed E-state index contributed by atoms with van der Waals surface area (Å²) in [6.07, 6.45) is 5.23. The zero-order valence-corrected chi connectivity index (χ0v) is 20.1. The molecule has 0 unspecified atom stereocenters. The fourth-order valence-corrected chi connectivity index (χ4v) is 5.12. The van der Waals surface area contributed by atoms with Crippen LogP contribution in [0.5, 0.6) is 5.75 Å². The molecule has 2 aliphatic rings. The Morgan fingerprint density at radius 2 is 1.84 bits per heavy atom. The van der Waals surface area contributed by atoms with Crippen LogP contribution in [-0.4, -0.2) is 73.6 Å². The van der Waals surface area contributed by atoms with Crippen LogP contribution in [0, 0.1) is 11.3 Å². The Morgan fingerprint density at radius 3 is 2.56 bits per heavy atom. The van der Waals surface area contributed by atoms with Gasteiger partial charge in [0.25, 0.3) is 0 Å². The number of likely N-dealkylation sites (tertiary alicyclic amines) is 1. The van der Waals surface area contributed by atoms with Gasteiger partial charge in [-0.3, -0.25) is 9.78 Å². The molecule has 2 aliphatic heterocycles. The summed E-state index contributed by atoms with van der Waals surface area (Å²) in [5, 5.41) is 1.15. The summed E-state index contributed by atoms with van der Waals surface area (Å²) in [7, 11) is 1.74. The van der Waals surface area contributed by atoms with Crippen molar-refractivity contribution in [1.29, 1.82) is 0 Å². The smallest absolute Gasteiger partial charge is 0.227 e. The number of piperidine rings is 1. The summed E-state index contributed by atoms with van der Waals surface area (Å²) in [5.41, 5.74) is 1.87. The van der Waals surface area contributed by atoms with Crippen LogP contribution in [0.15, 0.2) is 30.5 Å². The summed E-state index contributed by atoms with van der Waals surface area (Å²) >= 11 is 0. The monoisotopic (exact) mass is 438 g/mol. The molecule has 6 heteroatoms. The highest BCUT2D eigenvalue weighted by atomic mass is 16.5. The topological polar surface area (TPSA) is 48.9 Å². The maximum atomic E-state index is 12.6. The van der Waals surface area contributed by atoms with Crippen molar-refractivity contribution in [1.82, 2.24) is 14.8 Å². The number of methoxy groups -OCH3 is 1. The molecule has 1 aromatic heterocycles. The lowest BCUT2D eigenvalue weighted by Gasteiger charge is -2.37. The molecule has 0 radical (unpaired) electrons. The summed E-state index contributed by atoms with van der Waals surface area (Å²) in [4.78, 5) is 24.4. The molecule has 3 heterocycles. The molecule has 32 heavy (non-hydrogen) atoms. The van der Waals surface area contributed by atoms with E-state index in [4.69, 9.17) is 4.74 Å². The van der Waals surface area contributed by atoms with E-state index in [0.29, 0.717) is 11.8 Å². The fraction of sp³-hybridized carbons (Fsp3) is 0.615. The molecular weight excluding hydrogens is 400 g/mol. The molecule has 2 fully saturated rings. The molecule has 0 aliphatic carbocycles. The molecule has 0 saturated carbocycles. The zero-order valence-electron chi connectivity index (χ0n) is 20.1. The molecule has 0 spiro atoms. The van der Waals surface area contributed by atoms with Crippen molar-refractivity contribution in [3.05, 3.63) is 30.5 Å². The number of ether oxygens (including phenoxy) is 1. The first-order chi connectivity index (χ1) is 15.4. The van der Waals surface area contributed by atoms with Crippen molar-refractivity contribution >= 4 is 22.5 Å². The van der Waals surface area contributed by atoms with Crippen LogP contribution in [0.1, 0.15) is 40.0 Å². The number of fused-ring (bicyclic) bond motifs is 1. The third-order valence-corrected chi connectivity index (χ3v) is 6.90. The third-order valence-electron chi connectivity index (χ3n) is 6.90. The van der Waals surface area contributed by atoms with Crippen molar-refractivity contribution in [3.63, 3.8) is 0 Å². The van der Waals surface area contributed by atoms with Gasteiger partial charge in [-0.05, 0) is 49.9 Å². The van der Waals surface area contributed by atoms with Crippen molar-refractivity contribution < 1.29 is 9.53 Å². The Labute approximate surface area is 192 Å². The number of hydrogen-bond donors (Lipinski definition) is 0. The lowest BCUT2D eigenvalue weighted by molar-refractivity contribution is -0.141. The number of pyridine rings is 1. The number of anilines is 1. The second-order valence-electron chi connectivity index (χ2n) is 10.3. The van der Waals surface area contributed by atoms with Crippen LogP contribution >= 0.6 is 0 Å². The maximum absolute atomic E-state index is 12.6. The van der Waals surface area contributed by atoms with E-state index in [-0.39, 0.29) is 5.41 Å². The molecule has 2 saturated heterocycles. The van der Waals surface area contributed by atoms with Crippen LogP contribution in [0.3, 0.4) is 0 Å². The number of hydrogen-bond acceptors (Lipinski definition) is 5. The van der Waals surface area contributed by atoms with Gasteiger partial charge in [-0.25, -0.2) is 0 Å². The van der Waals surface area contributed by atoms with Gasteiger partial charge in [0.1, 0.15) is 11.4 Å². The SMILES string of the molecule is COc1ccc2cccnc2c1N1CCCN(CC2CCN(C(=O)C(C)(C)C)CC2)CC1. The maximum Gasteiger partial charge on any atom is 0.227 e. The Hall–Kier alpha value is -2.34. The number of carbonyl (C=O) groups excluding carboxylic acids is 1. The average Bonchev–Trinajstić information content (AvgIpc) is 3.03. The highest BCUT2D eigenvalue weighted by Gasteiger charge is 2.31. The van der Waals surface area contributed by atoms with Gasteiger partial charge in [-0.2, -0.15) is 0 Å². The quantitative estimate of drug-likeness (QED) is 0.721. The number of carbonyl (C=O) groups is 1. The van der Waals surface area contributed by atoms with Crippen molar-refractivity contribution in [2.75, 3.05) is 57.8 Å². The Balaban J connectivity index is 1.37. The van der Waals surface area contributed by atoms with E-state index in [1.807, 2.05) is 33.0 Å². The van der Waals surface area contributed by atoms with E-state index >= 15 is 0 Å². The zero-order chi connectivity index (χ0) is 22.7. The molecular formula is C26H38N4O2. The first-order valence-corrected chi connectivity index (χ1v) is 12.0. The number of rotatable bonds is 4. The van der Waals surface area contributed by atoms with Crippen LogP contribution in [0.4, 0.5) is 5.69 Å². The van der Waals surface area contributed by atoms with Crippen LogP contribution in [0.2, 0.25) is 0 Å². The van der Waals surface area contributed by atoms with E-state index in [9.17, 15) is 4.79 Å². The third kappa shape index (κ3) is 5.01. The molecule has 1 aromatic carbocycles. The molecule has 4 rings (SSSR count). The normalized spacial score (nSPS) is 19.2. The van der Waals surface area contributed by atoms with Crippen molar-refractivity contribution in [3.8, 4) is 5.75 Å². The largest absolute Gasteiger partial charge is 0.494 e. The second-order valence-corrected chi connectivity index (χ2v) is 10.3. The molecule has 2 aromatic rings. The van der Waals surface area contributed by atoms with Gasteiger partial charge in [-0.15, -0.1) is 0 Å². The number of benzene rings is 1. The second kappa shape index (κ2) is 9.65. The molecule has 0 bridgehead atoms. The highest BCUT2D eigenvalue weighted by Crippen LogP contribution is 2.35. The minimum atomic E-state index is -0.279. The Kier molecular flexibility index (Phi) is 6.89. The highest BCUT2D eigenvalue weighted by molar-refractivity contribution is 5.94. The predicted octanol–water partition coefficient (Wildman–Crippen LogP) is 4.04. The van der Waals surface area contributed by atoms with Crippen molar-refractivity contribution in [2.45, 2.75) is 40.0 Å². The van der Waals surface area contributed by atoms with Crippen LogP contribution < -0.4 is 9.64 Å². The van der Waals surface area contributed by atoms with E-state index in [1.54, 1.807) is 7.11 Å². The summed E-state index contributed by atoms with van der Waals surface area (Å²) < 4.78 is 5.72. The van der Waals surface area contributed by atoms with Gasteiger partial charge in [0.05, 0.1) is 12.6 Å². The Bertz CT molecular complexity index is 931. The summed E-state index contributed by atoms with van der Waals surface area (Å²) in [5.74, 6) is 1.87. The molecule has 1 amide bonds. The standard InChI is InChI=1S/C26H38N4O2/c1-26(2,3)25(31)30-15-10-20(11-16-30)19-28-13-6-14-29(18-17-28)24-22(32-4)9-8-21-7-5-12-27-23(21)24/h5,7-9,12,20H,6,10-11,13-19H2,1-4H3. The van der Waals surface area contributed by atoms with Crippen LogP contribution in [-0.2, 0) is 4.79 Å². The fourth-order valence-electron chi connectivity index (χ4n) is 5.12. The van der Waals surface area contributed by atoms with Gasteiger partial charge < -0.3 is 19.4 Å². The molecule has 0 N–H and O–H groups in total. The first-order valence-electron chi connectivity index (χ1n) is 12.0. The van der Waals surface area contributed by atoms with E-state index < -0.39 is 0 Å². The number of nitrogens with zero attached hydrogens (tertiary/aromatic N) is 4. The Morgan fingerprint density at radius 1 is 1.06 bits per heavy atom. The van der Waals surface area contributed by atoms with E-state index in [1.165, 1.54) is 0 Å². The minimum absolute atomic E-state index is 0.279. The van der Waals surface area contributed by atoms with Gasteiger partial charge in [0, 0.05) is 56.3 Å². The molecule has 6 nitrogen and oxygen atoms in total. The number of aromatic nitrogens is 1. The van der Waals surface area contributed by atoms with Gasteiger partial charge >= 0.3 is 0 Å². The molecule has 0 atom stereocenters.